The normalized spacial score (nSPS) is 24.4. The molecule has 1 fully saturated rings. The highest BCUT2D eigenvalue weighted by Gasteiger charge is 2.23. The molecule has 0 bridgehead atoms. The maximum absolute atomic E-state index is 6.05. The Morgan fingerprint density at radius 2 is 2.06 bits per heavy atom. The molecule has 0 heterocycles. The van der Waals surface area contributed by atoms with Crippen LogP contribution in [0.1, 0.15) is 45.1 Å². The Balaban J connectivity index is 2.03. The second kappa shape index (κ2) is 6.24. The lowest BCUT2D eigenvalue weighted by molar-refractivity contribution is 0.134. The molecular formula is C16H26N2. The molecule has 2 heteroatoms. The van der Waals surface area contributed by atoms with Crippen LogP contribution in [-0.4, -0.2) is 17.5 Å². The average molecular weight is 246 g/mol. The zero-order valence-corrected chi connectivity index (χ0v) is 11.7. The molecule has 18 heavy (non-hydrogen) atoms. The van der Waals surface area contributed by atoms with Crippen molar-refractivity contribution in [1.82, 2.24) is 4.90 Å². The van der Waals surface area contributed by atoms with Crippen LogP contribution in [-0.2, 0) is 6.54 Å². The standard InChI is InChI=1S/C16H26N2/c1-3-18(15-9-6-7-13(2)11-15)12-14-8-4-5-10-16(14)17/h4-5,8,10,13,15H,3,6-7,9,11-12,17H2,1-2H3. The lowest BCUT2D eigenvalue weighted by Gasteiger charge is -2.36. The van der Waals surface area contributed by atoms with Crippen LogP contribution in [0.2, 0.25) is 0 Å². The first-order valence-corrected chi connectivity index (χ1v) is 7.28. The smallest absolute Gasteiger partial charge is 0.0359 e. The highest BCUT2D eigenvalue weighted by Crippen LogP contribution is 2.28. The van der Waals surface area contributed by atoms with E-state index in [1.807, 2.05) is 12.1 Å². The summed E-state index contributed by atoms with van der Waals surface area (Å²) in [5.41, 5.74) is 8.26. The van der Waals surface area contributed by atoms with E-state index < -0.39 is 0 Å². The minimum absolute atomic E-state index is 0.748. The van der Waals surface area contributed by atoms with Crippen molar-refractivity contribution in [3.8, 4) is 0 Å². The van der Waals surface area contributed by atoms with Crippen LogP contribution in [0.3, 0.4) is 0 Å². The number of anilines is 1. The monoisotopic (exact) mass is 246 g/mol. The Hall–Kier alpha value is -1.02. The summed E-state index contributed by atoms with van der Waals surface area (Å²) in [4.78, 5) is 2.60. The summed E-state index contributed by atoms with van der Waals surface area (Å²) >= 11 is 0. The zero-order valence-electron chi connectivity index (χ0n) is 11.7. The summed E-state index contributed by atoms with van der Waals surface area (Å²) in [7, 11) is 0. The third-order valence-corrected chi connectivity index (χ3v) is 4.26. The second-order valence-corrected chi connectivity index (χ2v) is 5.69. The van der Waals surface area contributed by atoms with Gasteiger partial charge in [0.05, 0.1) is 0 Å². The van der Waals surface area contributed by atoms with Gasteiger partial charge in [0.25, 0.3) is 0 Å². The molecule has 0 radical (unpaired) electrons. The van der Waals surface area contributed by atoms with Crippen molar-refractivity contribution in [3.63, 3.8) is 0 Å². The maximum atomic E-state index is 6.05. The lowest BCUT2D eigenvalue weighted by atomic mass is 9.86. The van der Waals surface area contributed by atoms with E-state index in [1.165, 1.54) is 31.2 Å². The summed E-state index contributed by atoms with van der Waals surface area (Å²) in [6.45, 7) is 6.77. The van der Waals surface area contributed by atoms with Crippen molar-refractivity contribution in [2.75, 3.05) is 12.3 Å². The Bertz CT molecular complexity index is 375. The minimum atomic E-state index is 0.748. The zero-order chi connectivity index (χ0) is 13.0. The van der Waals surface area contributed by atoms with E-state index in [0.29, 0.717) is 0 Å². The van der Waals surface area contributed by atoms with Crippen LogP contribution < -0.4 is 5.73 Å². The molecule has 0 amide bonds. The molecule has 1 aliphatic carbocycles. The number of nitrogens with two attached hydrogens (primary N) is 1. The second-order valence-electron chi connectivity index (χ2n) is 5.69. The predicted octanol–water partition coefficient (Wildman–Crippen LogP) is 3.67. The van der Waals surface area contributed by atoms with Crippen molar-refractivity contribution in [2.24, 2.45) is 5.92 Å². The first kappa shape index (κ1) is 13.4. The quantitative estimate of drug-likeness (QED) is 0.821. The molecule has 2 unspecified atom stereocenters. The summed E-state index contributed by atoms with van der Waals surface area (Å²) in [5, 5.41) is 0. The molecule has 0 saturated heterocycles. The Morgan fingerprint density at radius 3 is 2.72 bits per heavy atom. The number of nitrogen functional groups attached to an aromatic ring is 1. The molecular weight excluding hydrogens is 220 g/mol. The maximum Gasteiger partial charge on any atom is 0.0359 e. The van der Waals surface area contributed by atoms with Crippen molar-refractivity contribution < 1.29 is 0 Å². The fourth-order valence-electron chi connectivity index (χ4n) is 3.13. The largest absolute Gasteiger partial charge is 0.398 e. The van der Waals surface area contributed by atoms with Crippen LogP contribution >= 0.6 is 0 Å². The summed E-state index contributed by atoms with van der Waals surface area (Å²) in [5.74, 6) is 0.880. The van der Waals surface area contributed by atoms with Crippen LogP contribution in [0.4, 0.5) is 5.69 Å². The van der Waals surface area contributed by atoms with Gasteiger partial charge in [0.1, 0.15) is 0 Å². The van der Waals surface area contributed by atoms with Crippen molar-refractivity contribution in [2.45, 2.75) is 52.1 Å². The van der Waals surface area contributed by atoms with E-state index in [-0.39, 0.29) is 0 Å². The molecule has 2 atom stereocenters. The van der Waals surface area contributed by atoms with Gasteiger partial charge in [-0.25, -0.2) is 0 Å². The topological polar surface area (TPSA) is 29.3 Å². The summed E-state index contributed by atoms with van der Waals surface area (Å²) < 4.78 is 0. The Labute approximate surface area is 111 Å². The molecule has 0 spiro atoms. The van der Waals surface area contributed by atoms with Gasteiger partial charge >= 0.3 is 0 Å². The highest BCUT2D eigenvalue weighted by molar-refractivity contribution is 5.46. The fourth-order valence-corrected chi connectivity index (χ4v) is 3.13. The van der Waals surface area contributed by atoms with E-state index in [2.05, 4.69) is 30.9 Å². The number of hydrogen-bond donors (Lipinski definition) is 1. The Morgan fingerprint density at radius 1 is 1.28 bits per heavy atom. The fraction of sp³-hybridized carbons (Fsp3) is 0.625. The molecule has 1 aromatic rings. The Kier molecular flexibility index (Phi) is 4.65. The van der Waals surface area contributed by atoms with E-state index in [9.17, 15) is 0 Å². The van der Waals surface area contributed by atoms with Gasteiger partial charge in [-0.1, -0.05) is 44.9 Å². The van der Waals surface area contributed by atoms with Gasteiger partial charge in [-0.2, -0.15) is 0 Å². The molecule has 1 saturated carbocycles. The number of nitrogens with zero attached hydrogens (tertiary/aromatic N) is 1. The van der Waals surface area contributed by atoms with Gasteiger partial charge in [0.2, 0.25) is 0 Å². The van der Waals surface area contributed by atoms with E-state index >= 15 is 0 Å². The van der Waals surface area contributed by atoms with Crippen LogP contribution in [0.5, 0.6) is 0 Å². The first-order valence-electron chi connectivity index (χ1n) is 7.28. The third kappa shape index (κ3) is 3.26. The number of benzene rings is 1. The molecule has 0 aliphatic heterocycles. The van der Waals surface area contributed by atoms with Gasteiger partial charge < -0.3 is 5.73 Å². The predicted molar refractivity (Wildman–Crippen MR) is 78.4 cm³/mol. The number of hydrogen-bond acceptors (Lipinski definition) is 2. The van der Waals surface area contributed by atoms with E-state index in [0.717, 1.165) is 30.7 Å². The SMILES string of the molecule is CCN(Cc1ccccc1N)C1CCCC(C)C1. The first-order chi connectivity index (χ1) is 8.70. The molecule has 1 aliphatic rings. The lowest BCUT2D eigenvalue weighted by Crippen LogP contribution is -2.38. The summed E-state index contributed by atoms with van der Waals surface area (Å²) in [6.07, 6.45) is 5.49. The van der Waals surface area contributed by atoms with Gasteiger partial charge in [-0.3, -0.25) is 4.90 Å². The third-order valence-electron chi connectivity index (χ3n) is 4.26. The average Bonchev–Trinajstić information content (AvgIpc) is 2.38. The van der Waals surface area contributed by atoms with Crippen LogP contribution in [0.15, 0.2) is 24.3 Å². The van der Waals surface area contributed by atoms with Gasteiger partial charge in [-0.05, 0) is 36.9 Å². The number of rotatable bonds is 4. The molecule has 2 rings (SSSR count). The molecule has 1 aromatic carbocycles. The highest BCUT2D eigenvalue weighted by atomic mass is 15.1. The molecule has 2 N–H and O–H groups in total. The molecule has 100 valence electrons. The van der Waals surface area contributed by atoms with Crippen LogP contribution in [0.25, 0.3) is 0 Å². The van der Waals surface area contributed by atoms with E-state index in [1.54, 1.807) is 0 Å². The van der Waals surface area contributed by atoms with Gasteiger partial charge in [0, 0.05) is 18.3 Å². The summed E-state index contributed by atoms with van der Waals surface area (Å²) in [6, 6.07) is 9.01. The van der Waals surface area contributed by atoms with Crippen molar-refractivity contribution in [1.29, 1.82) is 0 Å². The van der Waals surface area contributed by atoms with Crippen molar-refractivity contribution >= 4 is 5.69 Å². The van der Waals surface area contributed by atoms with Gasteiger partial charge in [-0.15, -0.1) is 0 Å². The van der Waals surface area contributed by atoms with E-state index in [4.69, 9.17) is 5.73 Å². The van der Waals surface area contributed by atoms with Crippen molar-refractivity contribution in [3.05, 3.63) is 29.8 Å². The minimum Gasteiger partial charge on any atom is -0.398 e. The van der Waals surface area contributed by atoms with Gasteiger partial charge in [0.15, 0.2) is 0 Å². The van der Waals surface area contributed by atoms with Crippen LogP contribution in [0, 0.1) is 5.92 Å². The molecule has 2 nitrogen and oxygen atoms in total. The number of para-hydroxylation sites is 1. The molecule has 0 aromatic heterocycles.